The smallest absolute Gasteiger partial charge is 0.416 e. The van der Waals surface area contributed by atoms with Crippen LogP contribution in [0, 0.1) is 17.8 Å². The van der Waals surface area contributed by atoms with E-state index in [4.69, 9.17) is 28.4 Å². The van der Waals surface area contributed by atoms with Gasteiger partial charge in [-0.1, -0.05) is 46.5 Å². The third kappa shape index (κ3) is 14.2. The highest BCUT2D eigenvalue weighted by atomic mass is 32.2. The molecule has 0 amide bonds. The van der Waals surface area contributed by atoms with Crippen LogP contribution in [0.5, 0.6) is 0 Å². The molecular weight excluding hydrogens is 1020 g/mol. The Morgan fingerprint density at radius 1 is 0.895 bits per heavy atom. The normalized spacial score (nSPS) is 41.7. The van der Waals surface area contributed by atoms with Crippen molar-refractivity contribution in [2.75, 3.05) is 38.0 Å². The molecule has 0 radical (unpaired) electrons. The van der Waals surface area contributed by atoms with Crippen molar-refractivity contribution in [1.82, 2.24) is 14.5 Å². The number of rotatable bonds is 13. The number of aliphatic hydroxyl groups is 5. The van der Waals surface area contributed by atoms with Crippen molar-refractivity contribution in [3.8, 4) is 0 Å². The third-order valence-electron chi connectivity index (χ3n) is 17.4. The fourth-order valence-corrected chi connectivity index (χ4v) is 14.5. The number of piperidine rings is 1. The van der Waals surface area contributed by atoms with Gasteiger partial charge in [0.25, 0.3) is 0 Å². The number of cyclic esters (lactones) is 1. The van der Waals surface area contributed by atoms with E-state index in [0.717, 1.165) is 63.0 Å². The molecule has 0 bridgehead atoms. The summed E-state index contributed by atoms with van der Waals surface area (Å²) in [5.41, 5.74) is -7.55. The van der Waals surface area contributed by atoms with Crippen LogP contribution in [0.1, 0.15) is 152 Å². The number of alkyl halides is 3. The van der Waals surface area contributed by atoms with Crippen molar-refractivity contribution < 1.29 is 80.3 Å². The summed E-state index contributed by atoms with van der Waals surface area (Å²) in [6.45, 7) is 18.9. The summed E-state index contributed by atoms with van der Waals surface area (Å²) in [4.78, 5) is 16.9. The quantitative estimate of drug-likeness (QED) is 0.115. The van der Waals surface area contributed by atoms with Crippen LogP contribution in [0.4, 0.5) is 18.9 Å². The molecule has 76 heavy (non-hydrogen) atoms. The van der Waals surface area contributed by atoms with Gasteiger partial charge in [0.1, 0.15) is 35.1 Å². The van der Waals surface area contributed by atoms with Gasteiger partial charge < -0.3 is 64.2 Å². The second kappa shape index (κ2) is 25.2. The number of ether oxygens (including phenoxy) is 6. The topological polar surface area (TPSA) is 238 Å². The van der Waals surface area contributed by atoms with Crippen LogP contribution in [0.3, 0.4) is 0 Å². The number of esters is 1. The van der Waals surface area contributed by atoms with Gasteiger partial charge >= 0.3 is 22.4 Å². The number of anilines is 1. The zero-order chi connectivity index (χ0) is 56.3. The fraction of sp³-hybridized carbons (Fsp3) is 0.870. The van der Waals surface area contributed by atoms with Gasteiger partial charge in [-0.05, 0) is 143 Å². The molecule has 5 aliphatic rings. The second-order valence-electron chi connectivity index (χ2n) is 23.7. The third-order valence-corrected chi connectivity index (χ3v) is 19.1. The van der Waals surface area contributed by atoms with Crippen molar-refractivity contribution in [3.63, 3.8) is 0 Å². The minimum atomic E-state index is -4.64. The van der Waals surface area contributed by atoms with Crippen molar-refractivity contribution in [3.05, 3.63) is 29.8 Å². The Kier molecular flexibility index (Phi) is 20.9. The minimum absolute atomic E-state index is 0.000205. The highest BCUT2D eigenvalue weighted by Crippen LogP contribution is 2.45. The number of likely N-dealkylation sites (tertiary alicyclic amines) is 1. The van der Waals surface area contributed by atoms with E-state index in [0.29, 0.717) is 25.7 Å². The summed E-state index contributed by atoms with van der Waals surface area (Å²) in [6, 6.07) is 1.15. The SMILES string of the molecule is CCC1OC(=O)C(C)C(O[C@H]2C[C@@](C)(OC)[C@](O)(CN3CCCCC3)[C@H](C)O2)C(C)C(O[C@@H]2O[C@H](C)C[C@H](N(C3CCCCC3)S(=O)(=O)Nc3ccc(C(F)(F)F)cc3)[C@H]2O)C(C)(O)CC(C)CNC(C)C(O)C1(C)O. The Morgan fingerprint density at radius 2 is 1.51 bits per heavy atom. The summed E-state index contributed by atoms with van der Waals surface area (Å²) in [5, 5.41) is 64.8. The molecule has 0 spiro atoms. The molecule has 1 aromatic carbocycles. The van der Waals surface area contributed by atoms with E-state index in [1.807, 2.05) is 6.92 Å². The number of aliphatic hydroxyl groups excluding tert-OH is 2. The molecule has 10 unspecified atom stereocenters. The van der Waals surface area contributed by atoms with Gasteiger partial charge in [0.05, 0.1) is 47.5 Å². The fourth-order valence-electron chi connectivity index (χ4n) is 12.8. The number of halogens is 3. The average molecular weight is 1110 g/mol. The maximum atomic E-state index is 14.7. The maximum Gasteiger partial charge on any atom is 0.416 e. The zero-order valence-corrected chi connectivity index (χ0v) is 47.4. The molecule has 1 saturated carbocycles. The first-order valence-corrected chi connectivity index (χ1v) is 29.2. The standard InChI is InChI=1S/C54H91F3N4O14S/c1-12-42-52(10,66)46(63)36(6)58-30-32(2)28-50(8,65)47(34(4)45(35(5)48(64)73-42)74-43-29-51(9,70-11)53(67,37(7)72-43)31-60-25-17-14-18-26-60)75-49-44(62)41(27-33(3)71-49)61(40-19-15-13-16-20-40)76(68,69)59-39-23-21-38(22-24-39)54(55,56)57/h21-24,32-37,40-47,49,58-59,62-63,65-67H,12-20,25-31H2,1-11H3/t32?,33-,34?,35?,36?,37+,41+,42?,43+,44-,45?,46?,47?,49+,50?,51-,52?,53+/m1/s1. The van der Waals surface area contributed by atoms with Gasteiger partial charge in [0.2, 0.25) is 0 Å². The largest absolute Gasteiger partial charge is 0.459 e. The number of benzene rings is 1. The van der Waals surface area contributed by atoms with Gasteiger partial charge in [-0.15, -0.1) is 0 Å². The van der Waals surface area contributed by atoms with Crippen molar-refractivity contribution in [2.24, 2.45) is 17.8 Å². The van der Waals surface area contributed by atoms with Gasteiger partial charge in [-0.3, -0.25) is 9.52 Å². The molecule has 22 heteroatoms. The number of nitrogens with one attached hydrogen (secondary N) is 2. The molecule has 4 aliphatic heterocycles. The van der Waals surface area contributed by atoms with Crippen LogP contribution in [0.25, 0.3) is 0 Å². The molecule has 18 nitrogen and oxygen atoms in total. The van der Waals surface area contributed by atoms with Crippen molar-refractivity contribution in [1.29, 1.82) is 0 Å². The Morgan fingerprint density at radius 3 is 2.11 bits per heavy atom. The van der Waals surface area contributed by atoms with Crippen LogP contribution >= 0.6 is 0 Å². The number of nitrogens with zero attached hydrogens (tertiary/aromatic N) is 2. The summed E-state index contributed by atoms with van der Waals surface area (Å²) in [7, 11) is -3.07. The lowest BCUT2D eigenvalue weighted by Gasteiger charge is -2.55. The molecule has 0 aromatic heterocycles. The van der Waals surface area contributed by atoms with Crippen LogP contribution in [0.15, 0.2) is 24.3 Å². The van der Waals surface area contributed by atoms with E-state index in [2.05, 4.69) is 14.9 Å². The Hall–Kier alpha value is -2.29. The van der Waals surface area contributed by atoms with Gasteiger partial charge in [0, 0.05) is 43.8 Å². The first-order valence-electron chi connectivity index (χ1n) is 27.7. The molecule has 5 fully saturated rings. The number of methoxy groups -OCH3 is 1. The van der Waals surface area contributed by atoms with Crippen LogP contribution in [0.2, 0.25) is 0 Å². The Balaban J connectivity index is 1.40. The second-order valence-corrected chi connectivity index (χ2v) is 25.3. The minimum Gasteiger partial charge on any atom is -0.459 e. The van der Waals surface area contributed by atoms with E-state index in [1.54, 1.807) is 55.4 Å². The van der Waals surface area contributed by atoms with E-state index in [-0.39, 0.29) is 50.4 Å². The van der Waals surface area contributed by atoms with Gasteiger partial charge in [0.15, 0.2) is 12.6 Å². The summed E-state index contributed by atoms with van der Waals surface area (Å²) >= 11 is 0. The molecule has 7 N–H and O–H groups in total. The van der Waals surface area contributed by atoms with Gasteiger partial charge in [-0.2, -0.15) is 25.9 Å². The van der Waals surface area contributed by atoms with Crippen molar-refractivity contribution in [2.45, 2.75) is 248 Å². The van der Waals surface area contributed by atoms with Gasteiger partial charge in [-0.25, -0.2) is 0 Å². The molecule has 18 atom stereocenters. The van der Waals surface area contributed by atoms with E-state index in [1.165, 1.54) is 18.3 Å². The predicted octanol–water partition coefficient (Wildman–Crippen LogP) is 5.86. The highest BCUT2D eigenvalue weighted by Gasteiger charge is 2.59. The zero-order valence-electron chi connectivity index (χ0n) is 46.6. The van der Waals surface area contributed by atoms with E-state index in [9.17, 15) is 51.9 Å². The number of β-amino-alcohol motifs (C(OH)–C–C–N with tert-alkyl or cyclic N) is 1. The number of carbonyl (C=O) groups is 1. The first-order chi connectivity index (χ1) is 35.4. The molecule has 4 heterocycles. The Bertz CT molecular complexity index is 2130. The first kappa shape index (κ1) is 62.9. The van der Waals surface area contributed by atoms with Crippen LogP contribution in [-0.4, -0.2) is 178 Å². The molecule has 1 aliphatic carbocycles. The lowest BCUT2D eigenvalue weighted by molar-refractivity contribution is -0.339. The van der Waals surface area contributed by atoms with E-state index < -0.39 is 136 Å². The number of hydrogen-bond donors (Lipinski definition) is 7. The lowest BCUT2D eigenvalue weighted by Crippen LogP contribution is -2.70. The van der Waals surface area contributed by atoms with E-state index >= 15 is 0 Å². The molecule has 4 saturated heterocycles. The van der Waals surface area contributed by atoms with Crippen LogP contribution < -0.4 is 10.0 Å². The highest BCUT2D eigenvalue weighted by molar-refractivity contribution is 7.90. The molecular formula is C54H91F3N4O14S. The monoisotopic (exact) mass is 1110 g/mol. The maximum absolute atomic E-state index is 14.7. The lowest BCUT2D eigenvalue weighted by atomic mass is 9.74. The van der Waals surface area contributed by atoms with Crippen LogP contribution in [-0.2, 0) is 49.6 Å². The van der Waals surface area contributed by atoms with Crippen molar-refractivity contribution >= 4 is 21.9 Å². The molecule has 1 aromatic rings. The number of carbonyl (C=O) groups excluding carboxylic acids is 1. The molecule has 6 rings (SSSR count). The predicted molar refractivity (Wildman–Crippen MR) is 278 cm³/mol. The summed E-state index contributed by atoms with van der Waals surface area (Å²) < 4.78 is 113. The molecule has 438 valence electrons. The Labute approximate surface area is 449 Å². The summed E-state index contributed by atoms with van der Waals surface area (Å²) in [6.07, 6.45) is -9.46. The number of hydrogen-bond acceptors (Lipinski definition) is 16. The summed E-state index contributed by atoms with van der Waals surface area (Å²) in [5.74, 6) is -3.37. The average Bonchev–Trinajstić information content (AvgIpc) is 3.35.